The van der Waals surface area contributed by atoms with Crippen molar-refractivity contribution in [3.8, 4) is 0 Å². The highest BCUT2D eigenvalue weighted by Gasteiger charge is 2.07. The van der Waals surface area contributed by atoms with Gasteiger partial charge in [-0.3, -0.25) is 0 Å². The number of anilines is 1. The highest BCUT2D eigenvalue weighted by atomic mass is 127. The van der Waals surface area contributed by atoms with Crippen molar-refractivity contribution in [3.05, 3.63) is 45.2 Å². The molecule has 16 heavy (non-hydrogen) atoms. The molecule has 0 amide bonds. The first-order valence-electron chi connectivity index (χ1n) is 4.48. The Morgan fingerprint density at radius 3 is 2.62 bits per heavy atom. The van der Waals surface area contributed by atoms with Crippen LogP contribution in [0.15, 0.2) is 24.4 Å². The van der Waals surface area contributed by atoms with Crippen molar-refractivity contribution in [3.63, 3.8) is 0 Å². The first kappa shape index (κ1) is 11.3. The van der Waals surface area contributed by atoms with Crippen molar-refractivity contribution in [2.45, 2.75) is 6.54 Å². The van der Waals surface area contributed by atoms with Gasteiger partial charge in [-0.2, -0.15) is 5.10 Å². The molecule has 2 N–H and O–H groups in total. The predicted molar refractivity (Wildman–Crippen MR) is 64.8 cm³/mol. The van der Waals surface area contributed by atoms with Crippen molar-refractivity contribution in [2.75, 3.05) is 5.73 Å². The molecule has 0 radical (unpaired) electrons. The largest absolute Gasteiger partial charge is 0.383 e. The molecule has 0 saturated carbocycles. The summed E-state index contributed by atoms with van der Waals surface area (Å²) in [5, 5.41) is 4.03. The number of hydrogen-bond acceptors (Lipinski definition) is 2. The fraction of sp³-hybridized carbons (Fsp3) is 0.100. The highest BCUT2D eigenvalue weighted by Crippen LogP contribution is 2.16. The first-order chi connectivity index (χ1) is 7.58. The summed E-state index contributed by atoms with van der Waals surface area (Å²) in [5.41, 5.74) is 6.36. The van der Waals surface area contributed by atoms with Crippen LogP contribution in [0.5, 0.6) is 0 Å². The molecule has 0 fully saturated rings. The Bertz CT molecular complexity index is 525. The van der Waals surface area contributed by atoms with E-state index in [4.69, 9.17) is 5.73 Å². The maximum atomic E-state index is 13.0. The minimum Gasteiger partial charge on any atom is -0.383 e. The molecule has 0 saturated heterocycles. The van der Waals surface area contributed by atoms with Gasteiger partial charge in [-0.1, -0.05) is 6.07 Å². The number of halogens is 3. The van der Waals surface area contributed by atoms with E-state index in [-0.39, 0.29) is 0 Å². The number of benzene rings is 1. The molecule has 84 valence electrons. The molecular weight excluding hydrogens is 327 g/mol. The molecule has 2 aromatic rings. The lowest BCUT2D eigenvalue weighted by molar-refractivity contribution is 0.506. The lowest BCUT2D eigenvalue weighted by atomic mass is 10.2. The topological polar surface area (TPSA) is 43.8 Å². The molecule has 0 aliphatic rings. The average Bonchev–Trinajstić information content (AvgIpc) is 2.55. The van der Waals surface area contributed by atoms with E-state index in [1.165, 1.54) is 10.7 Å². The van der Waals surface area contributed by atoms with Gasteiger partial charge in [0.15, 0.2) is 11.6 Å². The molecule has 3 nitrogen and oxygen atoms in total. The molecule has 0 aliphatic carbocycles. The maximum Gasteiger partial charge on any atom is 0.159 e. The molecule has 0 aliphatic heterocycles. The molecule has 1 aromatic carbocycles. The SMILES string of the molecule is Nc1c(I)cnn1Cc1ccc(F)c(F)c1. The fourth-order valence-corrected chi connectivity index (χ4v) is 1.71. The standard InChI is InChI=1S/C10H8F2IN3/c11-7-2-1-6(3-8(7)12)5-16-10(14)9(13)4-15-16/h1-4H,5,14H2. The van der Waals surface area contributed by atoms with Gasteiger partial charge in [-0.15, -0.1) is 0 Å². The van der Waals surface area contributed by atoms with E-state index < -0.39 is 11.6 Å². The Balaban J connectivity index is 2.27. The van der Waals surface area contributed by atoms with Crippen LogP contribution >= 0.6 is 22.6 Å². The number of aromatic nitrogens is 2. The normalized spacial score (nSPS) is 10.7. The van der Waals surface area contributed by atoms with Crippen molar-refractivity contribution in [2.24, 2.45) is 0 Å². The summed E-state index contributed by atoms with van der Waals surface area (Å²) in [6, 6.07) is 3.74. The zero-order valence-electron chi connectivity index (χ0n) is 8.12. The fourth-order valence-electron chi connectivity index (χ4n) is 1.31. The third-order valence-corrected chi connectivity index (χ3v) is 2.98. The minimum atomic E-state index is -0.863. The third kappa shape index (κ3) is 2.16. The average molecular weight is 335 g/mol. The molecule has 0 spiro atoms. The zero-order valence-corrected chi connectivity index (χ0v) is 10.3. The molecule has 2 rings (SSSR count). The summed E-state index contributed by atoms with van der Waals surface area (Å²) < 4.78 is 28.0. The van der Waals surface area contributed by atoms with Gasteiger partial charge in [0.25, 0.3) is 0 Å². The molecule has 0 unspecified atom stereocenters. The smallest absolute Gasteiger partial charge is 0.159 e. The number of nitrogen functional groups attached to an aromatic ring is 1. The number of hydrogen-bond donors (Lipinski definition) is 1. The van der Waals surface area contributed by atoms with Crippen LogP contribution in [0.25, 0.3) is 0 Å². The molecule has 0 bridgehead atoms. The second-order valence-electron chi connectivity index (χ2n) is 3.28. The number of nitrogens with zero attached hydrogens (tertiary/aromatic N) is 2. The van der Waals surface area contributed by atoms with Gasteiger partial charge in [0.2, 0.25) is 0 Å². The van der Waals surface area contributed by atoms with Crippen LogP contribution in [-0.2, 0) is 6.54 Å². The van der Waals surface area contributed by atoms with Crippen molar-refractivity contribution in [1.82, 2.24) is 9.78 Å². The quantitative estimate of drug-likeness (QED) is 0.857. The lowest BCUT2D eigenvalue weighted by Crippen LogP contribution is -2.06. The lowest BCUT2D eigenvalue weighted by Gasteiger charge is -2.04. The summed E-state index contributed by atoms with van der Waals surface area (Å²) in [6.07, 6.45) is 1.62. The van der Waals surface area contributed by atoms with Crippen molar-refractivity contribution >= 4 is 28.4 Å². The third-order valence-electron chi connectivity index (χ3n) is 2.15. The van der Waals surface area contributed by atoms with E-state index >= 15 is 0 Å². The van der Waals surface area contributed by atoms with Gasteiger partial charge in [0.1, 0.15) is 5.82 Å². The van der Waals surface area contributed by atoms with Crippen LogP contribution in [-0.4, -0.2) is 9.78 Å². The summed E-state index contributed by atoms with van der Waals surface area (Å²) in [5.74, 6) is -1.20. The van der Waals surface area contributed by atoms with Crippen molar-refractivity contribution in [1.29, 1.82) is 0 Å². The Hall–Kier alpha value is -1.18. The molecule has 1 aromatic heterocycles. The van der Waals surface area contributed by atoms with Gasteiger partial charge in [-0.25, -0.2) is 13.5 Å². The van der Waals surface area contributed by atoms with Crippen LogP contribution < -0.4 is 5.73 Å². The second kappa shape index (κ2) is 4.36. The van der Waals surface area contributed by atoms with Crippen LogP contribution in [0, 0.1) is 15.2 Å². The number of rotatable bonds is 2. The second-order valence-corrected chi connectivity index (χ2v) is 4.45. The minimum absolute atomic E-state index is 0.325. The van der Waals surface area contributed by atoms with Crippen LogP contribution in [0.3, 0.4) is 0 Å². The van der Waals surface area contributed by atoms with Crippen molar-refractivity contribution < 1.29 is 8.78 Å². The summed E-state index contributed by atoms with van der Waals surface area (Å²) in [4.78, 5) is 0. The van der Waals surface area contributed by atoms with Crippen LogP contribution in [0.4, 0.5) is 14.6 Å². The van der Waals surface area contributed by atoms with Gasteiger partial charge < -0.3 is 5.73 Å². The Kier molecular flexibility index (Phi) is 3.08. The molecule has 6 heteroatoms. The highest BCUT2D eigenvalue weighted by molar-refractivity contribution is 14.1. The van der Waals surface area contributed by atoms with Crippen LogP contribution in [0.1, 0.15) is 5.56 Å². The number of nitrogens with two attached hydrogens (primary N) is 1. The van der Waals surface area contributed by atoms with E-state index in [0.717, 1.165) is 15.7 Å². The van der Waals surface area contributed by atoms with E-state index in [9.17, 15) is 8.78 Å². The van der Waals surface area contributed by atoms with Gasteiger partial charge in [0, 0.05) is 0 Å². The predicted octanol–water partition coefficient (Wildman–Crippen LogP) is 2.40. The van der Waals surface area contributed by atoms with E-state index in [2.05, 4.69) is 27.7 Å². The van der Waals surface area contributed by atoms with Crippen LogP contribution in [0.2, 0.25) is 0 Å². The Morgan fingerprint density at radius 1 is 1.31 bits per heavy atom. The van der Waals surface area contributed by atoms with Gasteiger partial charge in [0.05, 0.1) is 16.3 Å². The first-order valence-corrected chi connectivity index (χ1v) is 5.56. The van der Waals surface area contributed by atoms with E-state index in [1.54, 1.807) is 6.20 Å². The molecule has 1 heterocycles. The molecular formula is C10H8F2IN3. The maximum absolute atomic E-state index is 13.0. The monoisotopic (exact) mass is 335 g/mol. The van der Waals surface area contributed by atoms with E-state index in [1.807, 2.05) is 0 Å². The Morgan fingerprint density at radius 2 is 2.06 bits per heavy atom. The molecule has 0 atom stereocenters. The van der Waals surface area contributed by atoms with Gasteiger partial charge in [-0.05, 0) is 40.3 Å². The van der Waals surface area contributed by atoms with Gasteiger partial charge >= 0.3 is 0 Å². The summed E-state index contributed by atoms with van der Waals surface area (Å²) >= 11 is 2.06. The van der Waals surface area contributed by atoms with E-state index in [0.29, 0.717) is 17.9 Å². The summed E-state index contributed by atoms with van der Waals surface area (Å²) in [7, 11) is 0. The zero-order chi connectivity index (χ0) is 11.7. The summed E-state index contributed by atoms with van der Waals surface area (Å²) in [6.45, 7) is 0.325. The Labute approximate surface area is 104 Å².